The molecule has 0 aliphatic rings. The van der Waals surface area contributed by atoms with Crippen LogP contribution >= 0.6 is 0 Å². The third-order valence-corrected chi connectivity index (χ3v) is 2.37. The van der Waals surface area contributed by atoms with Gasteiger partial charge in [0.05, 0.1) is 11.4 Å². The zero-order valence-electron chi connectivity index (χ0n) is 12.6. The molecule has 0 heterocycles. The quantitative estimate of drug-likeness (QED) is 0.239. The van der Waals surface area contributed by atoms with Crippen molar-refractivity contribution < 1.29 is 27.7 Å². The van der Waals surface area contributed by atoms with Crippen molar-refractivity contribution in [3.05, 3.63) is 47.5 Å². The van der Waals surface area contributed by atoms with E-state index in [2.05, 4.69) is 0 Å². The Bertz CT molecular complexity index is 689. The van der Waals surface area contributed by atoms with Crippen molar-refractivity contribution in [3.8, 4) is 11.5 Å². The molecule has 0 radical (unpaired) electrons. The first-order chi connectivity index (χ1) is 10.4. The number of anilines is 2. The molecule has 23 heavy (non-hydrogen) atoms. The number of aryl methyl sites for hydroxylation is 2. The van der Waals surface area contributed by atoms with Gasteiger partial charge in [-0.15, -0.1) is 0 Å². The molecular weight excluding hydrogens is 324 g/mol. The second kappa shape index (κ2) is 8.83. The summed E-state index contributed by atoms with van der Waals surface area (Å²) in [6.45, 7) is 3.80. The molecule has 2 aromatic rings. The van der Waals surface area contributed by atoms with Crippen LogP contribution in [0.4, 0.5) is 11.4 Å². The van der Waals surface area contributed by atoms with Crippen molar-refractivity contribution in [1.82, 2.24) is 0 Å². The van der Waals surface area contributed by atoms with E-state index in [0.717, 1.165) is 11.1 Å². The van der Waals surface area contributed by atoms with Crippen molar-refractivity contribution in [2.24, 2.45) is 0 Å². The lowest BCUT2D eigenvalue weighted by molar-refractivity contribution is 0.381. The summed E-state index contributed by atoms with van der Waals surface area (Å²) in [5.74, 6) is 0.324. The van der Waals surface area contributed by atoms with E-state index in [9.17, 15) is 0 Å². The highest BCUT2D eigenvalue weighted by Gasteiger charge is 1.93. The fraction of sp³-hybridized carbons (Fsp3) is 0.143. The molecule has 0 amide bonds. The van der Waals surface area contributed by atoms with E-state index in [4.69, 9.17) is 39.2 Å². The molecule has 2 aromatic carbocycles. The molecule has 0 saturated carbocycles. The van der Waals surface area contributed by atoms with Crippen molar-refractivity contribution in [2.75, 3.05) is 11.5 Å². The van der Waals surface area contributed by atoms with Crippen LogP contribution in [0.3, 0.4) is 0 Å². The van der Waals surface area contributed by atoms with Gasteiger partial charge in [0.25, 0.3) is 0 Å². The summed E-state index contributed by atoms with van der Waals surface area (Å²) < 4.78 is 31.6. The number of phenols is 2. The molecule has 0 spiro atoms. The summed E-state index contributed by atoms with van der Waals surface area (Å²) in [6.07, 6.45) is 0. The van der Waals surface area contributed by atoms with Crippen molar-refractivity contribution in [2.45, 2.75) is 13.8 Å². The Morgan fingerprint density at radius 2 is 1.04 bits per heavy atom. The van der Waals surface area contributed by atoms with E-state index >= 15 is 0 Å². The highest BCUT2D eigenvalue weighted by Crippen LogP contribution is 2.20. The van der Waals surface area contributed by atoms with Crippen LogP contribution in [0.5, 0.6) is 11.5 Å². The molecule has 0 fully saturated rings. The number of nitrogen functional groups attached to an aromatic ring is 2. The van der Waals surface area contributed by atoms with Gasteiger partial charge in [0.15, 0.2) is 0 Å². The van der Waals surface area contributed by atoms with Crippen molar-refractivity contribution in [3.63, 3.8) is 0 Å². The summed E-state index contributed by atoms with van der Waals surface area (Å²) >= 11 is 0. The first-order valence-electron chi connectivity index (χ1n) is 6.20. The third kappa shape index (κ3) is 10.8. The van der Waals surface area contributed by atoms with Gasteiger partial charge < -0.3 is 21.7 Å². The SMILES string of the molecule is Cc1ccc(N)c(O)c1.Cc1ccc(N)c(O)c1.O=S(=O)(O)O. The predicted octanol–water partition coefficient (Wildman–Crippen LogP) is 1.91. The standard InChI is InChI=1S/2C7H9NO.H2O4S/c2*1-5-2-3-6(8)7(9)4-5;1-5(2,3)4/h2*2-4,9H,8H2,1H3;(H2,1,2,3,4). The molecule has 0 unspecified atom stereocenters. The number of hydrogen-bond donors (Lipinski definition) is 6. The molecule has 0 aromatic heterocycles. The number of hydrogen-bond acceptors (Lipinski definition) is 6. The lowest BCUT2D eigenvalue weighted by atomic mass is 10.2. The van der Waals surface area contributed by atoms with E-state index in [1.165, 1.54) is 0 Å². The maximum atomic E-state index is 8.98. The molecule has 0 atom stereocenters. The van der Waals surface area contributed by atoms with Gasteiger partial charge in [0.1, 0.15) is 11.5 Å². The molecule has 0 bridgehead atoms. The average Bonchev–Trinajstić information content (AvgIpc) is 2.38. The molecule has 9 heteroatoms. The molecular formula is C14H20N2O6S. The zero-order chi connectivity index (χ0) is 18.2. The van der Waals surface area contributed by atoms with Gasteiger partial charge in [0, 0.05) is 0 Å². The second-order valence-corrected chi connectivity index (χ2v) is 5.47. The van der Waals surface area contributed by atoms with Crippen LogP contribution in [0.1, 0.15) is 11.1 Å². The minimum Gasteiger partial charge on any atom is -0.506 e. The molecule has 8 N–H and O–H groups in total. The number of benzene rings is 2. The maximum absolute atomic E-state index is 8.98. The molecule has 8 nitrogen and oxygen atoms in total. The number of rotatable bonds is 0. The fourth-order valence-corrected chi connectivity index (χ4v) is 1.31. The Kier molecular flexibility index (Phi) is 7.88. The topological polar surface area (TPSA) is 167 Å². The van der Waals surface area contributed by atoms with Crippen LogP contribution in [0.15, 0.2) is 36.4 Å². The highest BCUT2D eigenvalue weighted by atomic mass is 32.3. The molecule has 128 valence electrons. The molecule has 0 aliphatic heterocycles. The summed E-state index contributed by atoms with van der Waals surface area (Å²) in [4.78, 5) is 0. The highest BCUT2D eigenvalue weighted by molar-refractivity contribution is 7.79. The van der Waals surface area contributed by atoms with Crippen LogP contribution in [-0.2, 0) is 10.4 Å². The minimum atomic E-state index is -4.67. The van der Waals surface area contributed by atoms with E-state index in [1.54, 1.807) is 24.3 Å². The second-order valence-electron chi connectivity index (χ2n) is 4.57. The number of aromatic hydroxyl groups is 2. The Morgan fingerprint density at radius 1 is 0.783 bits per heavy atom. The third-order valence-electron chi connectivity index (χ3n) is 2.37. The summed E-state index contributed by atoms with van der Waals surface area (Å²) in [5.41, 5.74) is 13.6. The van der Waals surface area contributed by atoms with E-state index < -0.39 is 10.4 Å². The van der Waals surface area contributed by atoms with Gasteiger partial charge in [-0.05, 0) is 49.2 Å². The van der Waals surface area contributed by atoms with Gasteiger partial charge in [-0.1, -0.05) is 12.1 Å². The van der Waals surface area contributed by atoms with Crippen LogP contribution < -0.4 is 11.5 Å². The zero-order valence-corrected chi connectivity index (χ0v) is 13.4. The van der Waals surface area contributed by atoms with Crippen molar-refractivity contribution >= 4 is 21.8 Å². The first kappa shape index (κ1) is 20.5. The van der Waals surface area contributed by atoms with Crippen LogP contribution in [0.2, 0.25) is 0 Å². The molecule has 2 rings (SSSR count). The van der Waals surface area contributed by atoms with Crippen LogP contribution in [-0.4, -0.2) is 27.7 Å². The summed E-state index contributed by atoms with van der Waals surface area (Å²) in [5, 5.41) is 18.0. The normalized spacial score (nSPS) is 9.91. The van der Waals surface area contributed by atoms with Gasteiger partial charge in [0.2, 0.25) is 0 Å². The Labute approximate surface area is 134 Å². The van der Waals surface area contributed by atoms with E-state index in [0.29, 0.717) is 11.4 Å². The maximum Gasteiger partial charge on any atom is 0.394 e. The van der Waals surface area contributed by atoms with Crippen molar-refractivity contribution in [1.29, 1.82) is 0 Å². The molecule has 0 saturated heterocycles. The smallest absolute Gasteiger partial charge is 0.394 e. The minimum absolute atomic E-state index is 0.162. The fourth-order valence-electron chi connectivity index (χ4n) is 1.31. The van der Waals surface area contributed by atoms with Gasteiger partial charge in [-0.25, -0.2) is 0 Å². The Balaban J connectivity index is 0.000000332. The molecule has 0 aliphatic carbocycles. The first-order valence-corrected chi connectivity index (χ1v) is 7.60. The van der Waals surface area contributed by atoms with Gasteiger partial charge in [-0.3, -0.25) is 9.11 Å². The van der Waals surface area contributed by atoms with Gasteiger partial charge >= 0.3 is 10.4 Å². The predicted molar refractivity (Wildman–Crippen MR) is 88.7 cm³/mol. The number of nitrogens with two attached hydrogens (primary N) is 2. The lowest BCUT2D eigenvalue weighted by Gasteiger charge is -1.97. The van der Waals surface area contributed by atoms with E-state index in [-0.39, 0.29) is 11.5 Å². The Morgan fingerprint density at radius 3 is 1.22 bits per heavy atom. The summed E-state index contributed by atoms with van der Waals surface area (Å²) in [6, 6.07) is 10.4. The van der Waals surface area contributed by atoms with Gasteiger partial charge in [-0.2, -0.15) is 8.42 Å². The van der Waals surface area contributed by atoms with Crippen LogP contribution in [0.25, 0.3) is 0 Å². The Hall–Kier alpha value is -2.49. The summed E-state index contributed by atoms with van der Waals surface area (Å²) in [7, 11) is -4.67. The largest absolute Gasteiger partial charge is 0.506 e. The lowest BCUT2D eigenvalue weighted by Crippen LogP contribution is -1.89. The number of phenolic OH excluding ortho intramolecular Hbond substituents is 2. The van der Waals surface area contributed by atoms with Crippen LogP contribution in [0, 0.1) is 13.8 Å². The monoisotopic (exact) mass is 344 g/mol. The average molecular weight is 344 g/mol. The van der Waals surface area contributed by atoms with E-state index in [1.807, 2.05) is 26.0 Å².